The molecular weight excluding hydrogens is 360 g/mol. The first-order valence-corrected chi connectivity index (χ1v) is 10.6. The van der Waals surface area contributed by atoms with Gasteiger partial charge in [-0.15, -0.1) is 0 Å². The van der Waals surface area contributed by atoms with Gasteiger partial charge in [0.25, 0.3) is 0 Å². The quantitative estimate of drug-likeness (QED) is 0.647. The van der Waals surface area contributed by atoms with E-state index in [1.165, 1.54) is 10.4 Å². The molecule has 0 N–H and O–H groups in total. The van der Waals surface area contributed by atoms with Crippen LogP contribution in [0.2, 0.25) is 0 Å². The van der Waals surface area contributed by atoms with Crippen LogP contribution >= 0.6 is 0 Å². The fourth-order valence-electron chi connectivity index (χ4n) is 3.74. The molecule has 3 aromatic rings. The van der Waals surface area contributed by atoms with Crippen LogP contribution in [0.5, 0.6) is 0 Å². The zero-order valence-corrected chi connectivity index (χ0v) is 16.1. The summed E-state index contributed by atoms with van der Waals surface area (Å²) < 4.78 is 29.3. The molecule has 1 saturated heterocycles. The molecule has 0 aliphatic carbocycles. The number of hydrogen-bond acceptors (Lipinski definition) is 3. The third kappa shape index (κ3) is 3.19. The highest BCUT2D eigenvalue weighted by Gasteiger charge is 2.27. The van der Waals surface area contributed by atoms with Gasteiger partial charge in [0.2, 0.25) is 15.8 Å². The lowest BCUT2D eigenvalue weighted by atomic mass is 10.1. The largest absolute Gasteiger partial charge is 0.313 e. The molecule has 3 heterocycles. The summed E-state index contributed by atoms with van der Waals surface area (Å²) in [6, 6.07) is 14.1. The molecule has 0 atom stereocenters. The van der Waals surface area contributed by atoms with E-state index in [2.05, 4.69) is 0 Å². The molecule has 1 aliphatic heterocycles. The summed E-state index contributed by atoms with van der Waals surface area (Å²) in [5.41, 5.74) is 2.77. The van der Waals surface area contributed by atoms with Crippen LogP contribution in [0.1, 0.15) is 40.9 Å². The number of sulfonamides is 1. The summed E-state index contributed by atoms with van der Waals surface area (Å²) in [4.78, 5) is 13.4. The SMILES string of the molecule is Cc1cc2ccccn2c1C(=O)c1cccc(S(=O)(=O)N2CCCCC2)c1. The Kier molecular flexibility index (Phi) is 4.61. The predicted molar refractivity (Wildman–Crippen MR) is 105 cm³/mol. The molecule has 0 amide bonds. The summed E-state index contributed by atoms with van der Waals surface area (Å²) in [5, 5.41) is 0. The van der Waals surface area contributed by atoms with E-state index in [1.807, 2.05) is 41.8 Å². The molecule has 4 rings (SSSR count). The predicted octanol–water partition coefficient (Wildman–Crippen LogP) is 3.65. The Bertz CT molecular complexity index is 1110. The van der Waals surface area contributed by atoms with E-state index in [4.69, 9.17) is 0 Å². The summed E-state index contributed by atoms with van der Waals surface area (Å²) in [5.74, 6) is -0.172. The van der Waals surface area contributed by atoms with Gasteiger partial charge >= 0.3 is 0 Å². The van der Waals surface area contributed by atoms with Crippen molar-refractivity contribution in [1.82, 2.24) is 8.71 Å². The molecule has 0 radical (unpaired) electrons. The van der Waals surface area contributed by atoms with Gasteiger partial charge in [-0.1, -0.05) is 24.6 Å². The maximum absolute atomic E-state index is 13.2. The second-order valence-electron chi connectivity index (χ2n) is 6.99. The van der Waals surface area contributed by atoms with Crippen molar-refractivity contribution in [1.29, 1.82) is 0 Å². The van der Waals surface area contributed by atoms with Crippen molar-refractivity contribution in [3.05, 3.63) is 71.5 Å². The average molecular weight is 382 g/mol. The number of pyridine rings is 1. The molecule has 2 aromatic heterocycles. The minimum absolute atomic E-state index is 0.172. The summed E-state index contributed by atoms with van der Waals surface area (Å²) in [6.07, 6.45) is 4.68. The van der Waals surface area contributed by atoms with E-state index >= 15 is 0 Å². The minimum Gasteiger partial charge on any atom is -0.313 e. The van der Waals surface area contributed by atoms with Crippen molar-refractivity contribution in [2.45, 2.75) is 31.1 Å². The number of carbonyl (C=O) groups excluding carboxylic acids is 1. The molecule has 140 valence electrons. The van der Waals surface area contributed by atoms with Crippen molar-refractivity contribution in [3.63, 3.8) is 0 Å². The van der Waals surface area contributed by atoms with Gasteiger partial charge < -0.3 is 4.40 Å². The lowest BCUT2D eigenvalue weighted by Crippen LogP contribution is -2.35. The van der Waals surface area contributed by atoms with Gasteiger partial charge in [-0.2, -0.15) is 4.31 Å². The molecule has 0 spiro atoms. The van der Waals surface area contributed by atoms with E-state index in [1.54, 1.807) is 18.2 Å². The second-order valence-corrected chi connectivity index (χ2v) is 8.93. The van der Waals surface area contributed by atoms with Crippen LogP contribution in [0.15, 0.2) is 59.6 Å². The number of nitrogens with zero attached hydrogens (tertiary/aromatic N) is 2. The lowest BCUT2D eigenvalue weighted by molar-refractivity contribution is 0.103. The van der Waals surface area contributed by atoms with Gasteiger partial charge in [-0.05, 0) is 55.7 Å². The molecule has 0 unspecified atom stereocenters. The minimum atomic E-state index is -3.57. The molecule has 0 bridgehead atoms. The lowest BCUT2D eigenvalue weighted by Gasteiger charge is -2.26. The number of rotatable bonds is 4. The maximum Gasteiger partial charge on any atom is 0.243 e. The third-order valence-electron chi connectivity index (χ3n) is 5.13. The number of aryl methyl sites for hydroxylation is 1. The van der Waals surface area contributed by atoms with Crippen molar-refractivity contribution in [2.75, 3.05) is 13.1 Å². The van der Waals surface area contributed by atoms with Crippen molar-refractivity contribution >= 4 is 21.3 Å². The molecule has 1 aromatic carbocycles. The molecule has 1 aliphatic rings. The van der Waals surface area contributed by atoms with Crippen LogP contribution in [0, 0.1) is 6.92 Å². The maximum atomic E-state index is 13.2. The number of benzene rings is 1. The Morgan fingerprint density at radius 2 is 1.74 bits per heavy atom. The zero-order chi connectivity index (χ0) is 19.0. The average Bonchev–Trinajstić information content (AvgIpc) is 3.04. The smallest absolute Gasteiger partial charge is 0.243 e. The highest BCUT2D eigenvalue weighted by Crippen LogP contribution is 2.24. The Labute approximate surface area is 159 Å². The third-order valence-corrected chi connectivity index (χ3v) is 7.03. The second kappa shape index (κ2) is 6.94. The van der Waals surface area contributed by atoms with E-state index in [-0.39, 0.29) is 10.7 Å². The first-order chi connectivity index (χ1) is 13.0. The fraction of sp³-hybridized carbons (Fsp3) is 0.286. The highest BCUT2D eigenvalue weighted by molar-refractivity contribution is 7.89. The van der Waals surface area contributed by atoms with E-state index in [0.717, 1.165) is 30.3 Å². The first kappa shape index (κ1) is 17.9. The van der Waals surface area contributed by atoms with E-state index < -0.39 is 10.0 Å². The van der Waals surface area contributed by atoms with Crippen molar-refractivity contribution < 1.29 is 13.2 Å². The van der Waals surface area contributed by atoms with Gasteiger partial charge in [0.05, 0.1) is 10.6 Å². The van der Waals surface area contributed by atoms with Crippen molar-refractivity contribution in [3.8, 4) is 0 Å². The molecule has 1 fully saturated rings. The summed E-state index contributed by atoms with van der Waals surface area (Å²) in [7, 11) is -3.57. The normalized spacial score (nSPS) is 15.9. The van der Waals surface area contributed by atoms with Crippen LogP contribution in [0.25, 0.3) is 5.52 Å². The van der Waals surface area contributed by atoms with Gasteiger partial charge in [-0.25, -0.2) is 8.42 Å². The summed E-state index contributed by atoms with van der Waals surface area (Å²) in [6.45, 7) is 2.99. The number of ketones is 1. The Morgan fingerprint density at radius 1 is 0.963 bits per heavy atom. The first-order valence-electron chi connectivity index (χ1n) is 9.20. The standard InChI is InChI=1S/C21H22N2O3S/c1-16-14-18-9-3-6-13-23(18)20(16)21(24)17-8-7-10-19(15-17)27(25,26)22-11-4-2-5-12-22/h3,6-10,13-15H,2,4-5,11-12H2,1H3. The van der Waals surface area contributed by atoms with Crippen LogP contribution in [-0.2, 0) is 10.0 Å². The molecular formula is C21H22N2O3S. The molecule has 27 heavy (non-hydrogen) atoms. The Hall–Kier alpha value is -2.44. The topological polar surface area (TPSA) is 58.9 Å². The van der Waals surface area contributed by atoms with Crippen LogP contribution in [0.4, 0.5) is 0 Å². The van der Waals surface area contributed by atoms with Gasteiger partial charge in [-0.3, -0.25) is 4.79 Å². The summed E-state index contributed by atoms with van der Waals surface area (Å²) >= 11 is 0. The van der Waals surface area contributed by atoms with Gasteiger partial charge in [0, 0.05) is 30.4 Å². The molecule has 5 nitrogen and oxygen atoms in total. The number of fused-ring (bicyclic) bond motifs is 1. The molecule has 6 heteroatoms. The highest BCUT2D eigenvalue weighted by atomic mass is 32.2. The molecule has 0 saturated carbocycles. The van der Waals surface area contributed by atoms with E-state index in [0.29, 0.717) is 24.3 Å². The van der Waals surface area contributed by atoms with Crippen molar-refractivity contribution in [2.24, 2.45) is 0 Å². The number of piperidine rings is 1. The van der Waals surface area contributed by atoms with E-state index in [9.17, 15) is 13.2 Å². The van der Waals surface area contributed by atoms with Gasteiger partial charge in [0.1, 0.15) is 0 Å². The zero-order valence-electron chi connectivity index (χ0n) is 15.3. The van der Waals surface area contributed by atoms with Crippen LogP contribution < -0.4 is 0 Å². The number of carbonyl (C=O) groups is 1. The van der Waals surface area contributed by atoms with Gasteiger partial charge in [0.15, 0.2) is 0 Å². The Morgan fingerprint density at radius 3 is 2.52 bits per heavy atom. The monoisotopic (exact) mass is 382 g/mol. The van der Waals surface area contributed by atoms with Crippen LogP contribution in [-0.4, -0.2) is 36.0 Å². The fourth-order valence-corrected chi connectivity index (χ4v) is 5.30. The Balaban J connectivity index is 1.74. The number of aromatic nitrogens is 1. The number of hydrogen-bond donors (Lipinski definition) is 0. The van der Waals surface area contributed by atoms with Crippen LogP contribution in [0.3, 0.4) is 0 Å².